The smallest absolute Gasteiger partial charge is 0.434 e. The number of amides is 3. The Kier molecular flexibility index (Phi) is 59.3. The molecule has 0 aliphatic heterocycles. The molecule has 3 amide bonds. The summed E-state index contributed by atoms with van der Waals surface area (Å²) in [5.74, 6) is 118. The summed E-state index contributed by atoms with van der Waals surface area (Å²) < 4.78 is 41.8. The lowest BCUT2D eigenvalue weighted by Crippen LogP contribution is -2.47. The van der Waals surface area contributed by atoms with E-state index >= 15 is 0 Å². The molecule has 148 heavy (non-hydrogen) atoms. The molecule has 0 bridgehead atoms. The molecule has 5 heterocycles. The summed E-state index contributed by atoms with van der Waals surface area (Å²) in [6.07, 6.45) is 18.8. The first-order chi connectivity index (χ1) is 72.8. The second-order valence-electron chi connectivity index (χ2n) is 25.8. The van der Waals surface area contributed by atoms with Gasteiger partial charge in [0.05, 0.1) is 37.3 Å². The van der Waals surface area contributed by atoms with Gasteiger partial charge in [0, 0.05) is 65.6 Å². The summed E-state index contributed by atoms with van der Waals surface area (Å²) in [6.45, 7) is 13.5. The molecular formula is C122H73N15O11. The van der Waals surface area contributed by atoms with Crippen LogP contribution in [0.5, 0.6) is 34.5 Å². The number of benzene rings is 6. The standard InChI is InChI=1S/C24H6.C23H21N5O4.C23H19N5O3.C23H4.C21H17N3O4.C6H2.C2H4N2/c1-3-5-7-9-11-13-15-17-19-21-23-24-22-20-18-16-14-12-10-8-6-4-2;1-24-16-26-23(30)28-27-22(29)19-12-20(31-14-17-8-4-2-5-9-17)21(13-25-19)32-15-18-10-6-3-7-11-18;24-11-12-28-22(26-27-23(28)29)19-13-20(30-15-17-7-3-1-4-8-17)21(14-25-19)31-16-18-9-5-2-6-10-18;1-3-5-7-9-11-13-15-17-19-21-23-22-20-18-16-14-12-10-8-6-4-2;25-21-24-23-20(28-21)17-11-18(26-13-15-7-3-1-4-8-15)19(12-22-17)27-14-16-9-5-2-6-10-16;1-3-5-6-4-2;3-1-2-4/h1-2H3;2-13H,14-16H2,(H,27,29)(H2,26,28,30);1-10,13-14H,12,15-16H2,(H,27,29);1H,2H3;1-12H,13-14H2,(H,24,25);1-2H;1,3H2. The van der Waals surface area contributed by atoms with E-state index in [1.807, 2.05) is 188 Å². The molecule has 0 saturated carbocycles. The Hall–Kier alpha value is -24.4. The molecule has 11 aromatic rings. The van der Waals surface area contributed by atoms with Gasteiger partial charge in [-0.05, 0) is 267 Å². The molecule has 0 aliphatic carbocycles. The third kappa shape index (κ3) is 52.5. The van der Waals surface area contributed by atoms with Crippen LogP contribution in [0.15, 0.2) is 233 Å². The predicted octanol–water partition coefficient (Wildman–Crippen LogP) is 11.4. The van der Waals surface area contributed by atoms with Crippen molar-refractivity contribution >= 4 is 11.9 Å². The number of carbonyl (C=O) groups is 2. The molecule has 0 spiro atoms. The second-order valence-corrected chi connectivity index (χ2v) is 25.8. The quantitative estimate of drug-likeness (QED) is 0.0150. The summed E-state index contributed by atoms with van der Waals surface area (Å²) in [7, 11) is 0. The minimum Gasteiger partial charge on any atom is -0.485 e. The molecule has 26 heteroatoms. The fourth-order valence-corrected chi connectivity index (χ4v) is 9.50. The number of H-pyrrole nitrogens is 2. The monoisotopic (exact) mass is 1920 g/mol. The lowest BCUT2D eigenvalue weighted by molar-refractivity contribution is 0.0930. The highest BCUT2D eigenvalue weighted by Gasteiger charge is 2.19. The van der Waals surface area contributed by atoms with Gasteiger partial charge in [0.1, 0.15) is 63.3 Å². The third-order valence-electron chi connectivity index (χ3n) is 15.7. The number of nitrogens with one attached hydrogen (secondary N) is 5. The van der Waals surface area contributed by atoms with Crippen molar-refractivity contribution in [2.45, 2.75) is 67.0 Å². The van der Waals surface area contributed by atoms with Gasteiger partial charge in [0.15, 0.2) is 40.3 Å². The molecule has 0 radical (unpaired) electrons. The van der Waals surface area contributed by atoms with Crippen LogP contribution in [-0.4, -0.2) is 65.1 Å². The number of rotatable bonds is 23. The number of ether oxygens (including phenoxy) is 6. The van der Waals surface area contributed by atoms with Crippen LogP contribution in [0, 0.1) is 327 Å². The highest BCUT2D eigenvalue weighted by atomic mass is 16.5. The molecule has 5 aromatic heterocycles. The summed E-state index contributed by atoms with van der Waals surface area (Å²) >= 11 is 0. The first-order valence-corrected chi connectivity index (χ1v) is 42.3. The molecule has 11 rings (SSSR count). The molecule has 26 nitrogen and oxygen atoms in total. The molecule has 6 aromatic carbocycles. The minimum absolute atomic E-state index is 0.0191. The van der Waals surface area contributed by atoms with Crippen molar-refractivity contribution in [3.05, 3.63) is 290 Å². The number of hydrogen-bond donors (Lipinski definition) is 6. The van der Waals surface area contributed by atoms with E-state index in [1.54, 1.807) is 39.0 Å². The Morgan fingerprint density at radius 2 is 0.655 bits per heavy atom. The Morgan fingerprint density at radius 3 is 0.939 bits per heavy atom. The molecular weight excluding hydrogens is 1850 g/mol. The number of aromatic amines is 2. The highest BCUT2D eigenvalue weighted by Crippen LogP contribution is 2.34. The number of aromatic nitrogens is 8. The molecule has 0 atom stereocenters. The number of hydrogen-bond acceptors (Lipinski definition) is 19. The maximum Gasteiger partial charge on any atom is 0.434 e. The summed E-state index contributed by atoms with van der Waals surface area (Å²) in [5, 5.41) is 31.1. The van der Waals surface area contributed by atoms with Gasteiger partial charge in [0.25, 0.3) is 18.5 Å². The van der Waals surface area contributed by atoms with Crippen molar-refractivity contribution < 1.29 is 42.4 Å². The average molecular weight is 1930 g/mol. The summed E-state index contributed by atoms with van der Waals surface area (Å²) in [4.78, 5) is 62.8. The van der Waals surface area contributed by atoms with E-state index < -0.39 is 23.4 Å². The van der Waals surface area contributed by atoms with E-state index in [0.717, 1.165) is 33.4 Å². The zero-order valence-corrected chi connectivity index (χ0v) is 79.0. The van der Waals surface area contributed by atoms with Gasteiger partial charge in [-0.2, -0.15) is 15.6 Å². The highest BCUT2D eigenvalue weighted by molar-refractivity contribution is 5.94. The fourth-order valence-electron chi connectivity index (χ4n) is 9.50. The van der Waals surface area contributed by atoms with E-state index in [0.29, 0.717) is 78.9 Å². The molecule has 0 fully saturated rings. The number of pyridine rings is 3. The van der Waals surface area contributed by atoms with Crippen molar-refractivity contribution in [2.75, 3.05) is 13.2 Å². The SMILES string of the molecule is C#CC#CC#C.C#CC#CC#CC#CC#CC#CC#CC#CC#CC#CC#CC.CC#CC#CC#CC#CC#CC#CC#CC#CC#CC#CC#CC.N#CCN.N#CCn1c(-c2cc(OCc3ccccc3)c(OCc3ccccc3)cn2)n[nH]c1=O.O=c1[nH]nc(-c2cc(OCc3ccccc3)c(OCc3ccccc3)cn2)o1.[C-]#[N+]CNC(=O)NNC(=O)c1cc(OCc2ccccc2)c(OCc2ccccc2)cn1. The zero-order chi connectivity index (χ0) is 106. The number of nitriles is 2. The molecule has 7 N–H and O–H groups in total. The maximum absolute atomic E-state index is 12.4. The van der Waals surface area contributed by atoms with Gasteiger partial charge < -0.3 is 38.6 Å². The van der Waals surface area contributed by atoms with Crippen molar-refractivity contribution in [3.8, 4) is 367 Å². The Bertz CT molecular complexity index is 8330. The summed E-state index contributed by atoms with van der Waals surface area (Å²) in [6, 6.07) is 66.0. The fraction of sp³-hybridized carbons (Fsp3) is 0.0984. The summed E-state index contributed by atoms with van der Waals surface area (Å²) in [5.41, 5.74) is 15.3. The third-order valence-corrected chi connectivity index (χ3v) is 15.7. The number of nitrogens with zero attached hydrogens (tertiary/aromatic N) is 9. The molecule has 702 valence electrons. The van der Waals surface area contributed by atoms with E-state index in [9.17, 15) is 19.2 Å². The second kappa shape index (κ2) is 76.9. The molecule has 0 aliphatic rings. The van der Waals surface area contributed by atoms with E-state index in [4.69, 9.17) is 69.2 Å². The van der Waals surface area contributed by atoms with Crippen LogP contribution >= 0.6 is 0 Å². The van der Waals surface area contributed by atoms with Crippen LogP contribution in [0.25, 0.3) is 27.9 Å². The van der Waals surface area contributed by atoms with Crippen LogP contribution in [0.4, 0.5) is 4.79 Å². The Labute approximate surface area is 859 Å². The van der Waals surface area contributed by atoms with Crippen molar-refractivity contribution in [2.24, 2.45) is 5.73 Å². The number of nitrogens with two attached hydrogens (primary N) is 1. The number of terminal acetylenes is 3. The number of carbonyl (C=O) groups excluding carboxylic acids is 2. The first-order valence-electron chi connectivity index (χ1n) is 42.3. The first kappa shape index (κ1) is 114. The van der Waals surface area contributed by atoms with Crippen LogP contribution in [-0.2, 0) is 46.2 Å². The predicted molar refractivity (Wildman–Crippen MR) is 561 cm³/mol. The van der Waals surface area contributed by atoms with E-state index in [1.165, 1.54) is 29.2 Å². The Morgan fingerprint density at radius 1 is 0.378 bits per heavy atom. The Balaban J connectivity index is 0.000000319. The maximum atomic E-state index is 12.4. The number of urea groups is 1. The average Bonchev–Trinajstić information content (AvgIpc) is 1.63. The van der Waals surface area contributed by atoms with Crippen LogP contribution < -0.4 is 61.8 Å². The van der Waals surface area contributed by atoms with Gasteiger partial charge in [-0.1, -0.05) is 200 Å². The topological polar surface area (TPSA) is 352 Å². The lowest BCUT2D eigenvalue weighted by Gasteiger charge is -2.14. The minimum atomic E-state index is -0.710. The van der Waals surface area contributed by atoms with Gasteiger partial charge in [0.2, 0.25) is 0 Å². The van der Waals surface area contributed by atoms with Gasteiger partial charge in [-0.15, -0.1) is 24.4 Å². The molecule has 0 unspecified atom stereocenters. The van der Waals surface area contributed by atoms with Gasteiger partial charge in [-0.3, -0.25) is 24.9 Å². The number of hydrazine groups is 1. The van der Waals surface area contributed by atoms with Crippen molar-refractivity contribution in [3.63, 3.8) is 0 Å². The van der Waals surface area contributed by atoms with Crippen LogP contribution in [0.1, 0.15) is 64.6 Å². The van der Waals surface area contributed by atoms with E-state index in [-0.39, 0.29) is 43.8 Å². The normalized spacial score (nSPS) is 7.80. The van der Waals surface area contributed by atoms with Gasteiger partial charge in [-0.25, -0.2) is 51.5 Å². The largest absolute Gasteiger partial charge is 0.485 e. The zero-order valence-electron chi connectivity index (χ0n) is 79.0. The lowest BCUT2D eigenvalue weighted by atomic mass is 10.2. The van der Waals surface area contributed by atoms with Crippen molar-refractivity contribution in [1.29, 1.82) is 10.5 Å². The van der Waals surface area contributed by atoms with E-state index in [2.05, 4.69) is 340 Å². The van der Waals surface area contributed by atoms with Gasteiger partial charge >= 0.3 is 17.5 Å². The van der Waals surface area contributed by atoms with Crippen LogP contribution in [0.2, 0.25) is 0 Å². The molecule has 0 saturated heterocycles. The van der Waals surface area contributed by atoms with Crippen molar-refractivity contribution in [1.82, 2.24) is 56.1 Å². The van der Waals surface area contributed by atoms with Crippen LogP contribution in [0.3, 0.4) is 0 Å².